The molecule has 5 rings (SSSR count). The van der Waals surface area contributed by atoms with E-state index < -0.39 is 35.2 Å². The minimum atomic E-state index is -4.91. The molecule has 0 aliphatic heterocycles. The first kappa shape index (κ1) is 24.9. The van der Waals surface area contributed by atoms with Crippen molar-refractivity contribution in [2.75, 3.05) is 0 Å². The van der Waals surface area contributed by atoms with Crippen LogP contribution in [0.5, 0.6) is 5.75 Å². The van der Waals surface area contributed by atoms with Crippen molar-refractivity contribution in [2.24, 2.45) is 0 Å². The quantitative estimate of drug-likeness (QED) is 0.104. The van der Waals surface area contributed by atoms with Gasteiger partial charge in [-0.25, -0.2) is 18.0 Å². The standard InChI is InChI=1S/C30H14F6O2/c31-26-16-20-15-18(7-10-24(20)28(33)25(26)12-13-30(34,35)36)22-9-6-17-14-19(8-11-23(17)27(22)32)29(37)38-21-4-2-1-3-5-21/h1-11,14-16H. The van der Waals surface area contributed by atoms with Crippen LogP contribution in [-0.2, 0) is 0 Å². The summed E-state index contributed by atoms with van der Waals surface area (Å²) in [7, 11) is 0. The normalized spacial score (nSPS) is 11.3. The van der Waals surface area contributed by atoms with Gasteiger partial charge < -0.3 is 4.74 Å². The molecule has 0 saturated carbocycles. The zero-order valence-corrected chi connectivity index (χ0v) is 19.2. The molecule has 38 heavy (non-hydrogen) atoms. The van der Waals surface area contributed by atoms with E-state index in [4.69, 9.17) is 4.74 Å². The lowest BCUT2D eigenvalue weighted by Gasteiger charge is -2.11. The number of halogens is 6. The van der Waals surface area contributed by atoms with Crippen molar-refractivity contribution >= 4 is 27.5 Å². The van der Waals surface area contributed by atoms with Gasteiger partial charge in [-0.2, -0.15) is 13.2 Å². The third kappa shape index (κ3) is 4.91. The van der Waals surface area contributed by atoms with Crippen molar-refractivity contribution in [1.82, 2.24) is 0 Å². The van der Waals surface area contributed by atoms with Crippen LogP contribution in [0.2, 0.25) is 0 Å². The predicted molar refractivity (Wildman–Crippen MR) is 131 cm³/mol. The number of ether oxygens (including phenoxy) is 1. The van der Waals surface area contributed by atoms with Crippen molar-refractivity contribution in [3.63, 3.8) is 0 Å². The van der Waals surface area contributed by atoms with Crippen LogP contribution in [-0.4, -0.2) is 12.1 Å². The summed E-state index contributed by atoms with van der Waals surface area (Å²) in [6.45, 7) is 0. The monoisotopic (exact) mass is 520 g/mol. The third-order valence-corrected chi connectivity index (χ3v) is 5.81. The maximum Gasteiger partial charge on any atom is 0.458 e. The summed E-state index contributed by atoms with van der Waals surface area (Å²) in [4.78, 5) is 12.5. The molecule has 0 saturated heterocycles. The smallest absolute Gasteiger partial charge is 0.423 e. The number of hydrogen-bond acceptors (Lipinski definition) is 2. The van der Waals surface area contributed by atoms with Crippen LogP contribution in [0.25, 0.3) is 32.7 Å². The van der Waals surface area contributed by atoms with Gasteiger partial charge in [0, 0.05) is 22.3 Å². The van der Waals surface area contributed by atoms with Crippen molar-refractivity contribution < 1.29 is 35.9 Å². The number of esters is 1. The molecule has 0 aliphatic carbocycles. The molecule has 0 radical (unpaired) electrons. The average molecular weight is 520 g/mol. The molecule has 0 unspecified atom stereocenters. The molecule has 2 nitrogen and oxygen atoms in total. The number of para-hydroxylation sites is 1. The molecular formula is C30H14F6O2. The number of fused-ring (bicyclic) bond motifs is 2. The van der Waals surface area contributed by atoms with Gasteiger partial charge in [-0.1, -0.05) is 54.5 Å². The molecule has 0 fully saturated rings. The molecule has 0 bridgehead atoms. The largest absolute Gasteiger partial charge is 0.458 e. The highest BCUT2D eigenvalue weighted by Gasteiger charge is 2.24. The molecule has 0 spiro atoms. The second kappa shape index (κ2) is 9.60. The number of benzene rings is 5. The van der Waals surface area contributed by atoms with E-state index in [0.29, 0.717) is 11.1 Å². The van der Waals surface area contributed by atoms with E-state index in [2.05, 4.69) is 0 Å². The zero-order chi connectivity index (χ0) is 27.0. The van der Waals surface area contributed by atoms with Gasteiger partial charge in [0.2, 0.25) is 0 Å². The number of hydrogen-bond donors (Lipinski definition) is 0. The topological polar surface area (TPSA) is 26.3 Å². The first-order chi connectivity index (χ1) is 18.1. The second-order valence-corrected chi connectivity index (χ2v) is 8.30. The fraction of sp³-hybridized carbons (Fsp3) is 0.0333. The van der Waals surface area contributed by atoms with E-state index in [9.17, 15) is 26.7 Å². The Hall–Kier alpha value is -4.77. The average Bonchev–Trinajstić information content (AvgIpc) is 2.88. The summed E-state index contributed by atoms with van der Waals surface area (Å²) in [6.07, 6.45) is -4.91. The Morgan fingerprint density at radius 1 is 0.737 bits per heavy atom. The number of alkyl halides is 3. The minimum Gasteiger partial charge on any atom is -0.423 e. The Bertz CT molecular complexity index is 1780. The highest BCUT2D eigenvalue weighted by molar-refractivity contribution is 5.98. The molecule has 8 heteroatoms. The summed E-state index contributed by atoms with van der Waals surface area (Å²) >= 11 is 0. The molecule has 0 heterocycles. The minimum absolute atomic E-state index is 0.0218. The Labute approximate surface area is 212 Å². The fourth-order valence-corrected chi connectivity index (χ4v) is 4.04. The maximum absolute atomic E-state index is 15.5. The van der Waals surface area contributed by atoms with E-state index in [1.165, 1.54) is 48.4 Å². The predicted octanol–water partition coefficient (Wildman–Crippen LogP) is 8.21. The molecule has 0 N–H and O–H groups in total. The third-order valence-electron chi connectivity index (χ3n) is 5.81. The molecule has 5 aromatic rings. The summed E-state index contributed by atoms with van der Waals surface area (Å²) in [6, 6.07) is 20.7. The Morgan fingerprint density at radius 2 is 1.45 bits per heavy atom. The van der Waals surface area contributed by atoms with Gasteiger partial charge in [-0.05, 0) is 52.7 Å². The van der Waals surface area contributed by atoms with Gasteiger partial charge in [0.15, 0.2) is 0 Å². The van der Waals surface area contributed by atoms with Crippen LogP contribution in [0, 0.1) is 29.3 Å². The van der Waals surface area contributed by atoms with E-state index in [1.54, 1.807) is 36.4 Å². The van der Waals surface area contributed by atoms with Gasteiger partial charge in [0.05, 0.1) is 11.1 Å². The van der Waals surface area contributed by atoms with Gasteiger partial charge >= 0.3 is 12.1 Å². The molecule has 5 aromatic carbocycles. The lowest BCUT2D eigenvalue weighted by atomic mass is 9.96. The van der Waals surface area contributed by atoms with Crippen LogP contribution in [0.4, 0.5) is 26.3 Å². The Morgan fingerprint density at radius 3 is 2.18 bits per heavy atom. The Balaban J connectivity index is 1.50. The van der Waals surface area contributed by atoms with E-state index in [1.807, 2.05) is 0 Å². The number of rotatable bonds is 3. The van der Waals surface area contributed by atoms with Crippen LogP contribution in [0.3, 0.4) is 0 Å². The second-order valence-electron chi connectivity index (χ2n) is 8.30. The molecular weight excluding hydrogens is 506 g/mol. The van der Waals surface area contributed by atoms with Crippen LogP contribution >= 0.6 is 0 Å². The summed E-state index contributed by atoms with van der Waals surface area (Å²) in [5.41, 5.74) is -0.367. The number of carbonyl (C=O) groups excluding carboxylic acids is 1. The lowest BCUT2D eigenvalue weighted by Crippen LogP contribution is -2.08. The number of carbonyl (C=O) groups is 1. The SMILES string of the molecule is O=C(Oc1ccccc1)c1ccc2c(F)c(-c3ccc4c(F)c(C#CC(F)(F)F)c(F)cc4c3)ccc2c1. The van der Waals surface area contributed by atoms with E-state index in [-0.39, 0.29) is 32.8 Å². The first-order valence-electron chi connectivity index (χ1n) is 11.1. The highest BCUT2D eigenvalue weighted by atomic mass is 19.4. The highest BCUT2D eigenvalue weighted by Crippen LogP contribution is 2.33. The Kier molecular flexibility index (Phi) is 6.29. The van der Waals surface area contributed by atoms with Crippen LogP contribution < -0.4 is 4.74 Å². The molecule has 0 amide bonds. The van der Waals surface area contributed by atoms with Crippen molar-refractivity contribution in [1.29, 1.82) is 0 Å². The van der Waals surface area contributed by atoms with Crippen molar-refractivity contribution in [2.45, 2.75) is 6.18 Å². The van der Waals surface area contributed by atoms with Crippen LogP contribution in [0.15, 0.2) is 84.9 Å². The maximum atomic E-state index is 15.5. The summed E-state index contributed by atoms with van der Waals surface area (Å²) in [5.74, 6) is -1.02. The zero-order valence-electron chi connectivity index (χ0n) is 19.2. The molecule has 0 atom stereocenters. The van der Waals surface area contributed by atoms with Gasteiger partial charge in [0.25, 0.3) is 0 Å². The van der Waals surface area contributed by atoms with Crippen molar-refractivity contribution in [3.8, 4) is 28.7 Å². The summed E-state index contributed by atoms with van der Waals surface area (Å²) < 4.78 is 87.1. The van der Waals surface area contributed by atoms with E-state index >= 15 is 4.39 Å². The molecule has 0 aliphatic rings. The van der Waals surface area contributed by atoms with Crippen LogP contribution in [0.1, 0.15) is 15.9 Å². The van der Waals surface area contributed by atoms with E-state index in [0.717, 1.165) is 12.0 Å². The van der Waals surface area contributed by atoms with Gasteiger partial charge in [0.1, 0.15) is 23.2 Å². The fourth-order valence-electron chi connectivity index (χ4n) is 4.04. The summed E-state index contributed by atoms with van der Waals surface area (Å²) in [5, 5.41) is 0.492. The van der Waals surface area contributed by atoms with Gasteiger partial charge in [-0.3, -0.25) is 0 Å². The van der Waals surface area contributed by atoms with Gasteiger partial charge in [-0.15, -0.1) is 0 Å². The lowest BCUT2D eigenvalue weighted by molar-refractivity contribution is -0.0696. The van der Waals surface area contributed by atoms with Crippen molar-refractivity contribution in [3.05, 3.63) is 114 Å². The molecule has 188 valence electrons. The molecule has 0 aromatic heterocycles. The first-order valence-corrected chi connectivity index (χ1v) is 11.1.